The highest BCUT2D eigenvalue weighted by molar-refractivity contribution is 14.0. The zero-order valence-corrected chi connectivity index (χ0v) is 17.2. The average Bonchev–Trinajstić information content (AvgIpc) is 3.41. The number of halogens is 1. The van der Waals surface area contributed by atoms with E-state index in [4.69, 9.17) is 14.2 Å². The van der Waals surface area contributed by atoms with Crippen LogP contribution in [0.25, 0.3) is 0 Å². The molecule has 136 valence electrons. The number of hydrogen-bond acceptors (Lipinski definition) is 4. The van der Waals surface area contributed by atoms with Gasteiger partial charge in [0.15, 0.2) is 5.96 Å². The van der Waals surface area contributed by atoms with Crippen LogP contribution in [0.3, 0.4) is 0 Å². The highest BCUT2D eigenvalue weighted by atomic mass is 127. The van der Waals surface area contributed by atoms with E-state index in [9.17, 15) is 0 Å². The highest BCUT2D eigenvalue weighted by Gasteiger charge is 2.21. The van der Waals surface area contributed by atoms with Crippen LogP contribution in [0.15, 0.2) is 17.1 Å². The summed E-state index contributed by atoms with van der Waals surface area (Å²) in [4.78, 5) is 4.24. The molecule has 0 atom stereocenters. The van der Waals surface area contributed by atoms with E-state index < -0.39 is 0 Å². The van der Waals surface area contributed by atoms with Crippen molar-refractivity contribution < 1.29 is 14.2 Å². The molecule has 1 aliphatic carbocycles. The Kier molecular flexibility index (Phi) is 9.02. The van der Waals surface area contributed by atoms with Crippen LogP contribution in [0.1, 0.15) is 18.4 Å². The van der Waals surface area contributed by atoms with Crippen LogP contribution in [0.2, 0.25) is 0 Å². The topological polar surface area (TPSA) is 64.1 Å². The van der Waals surface area contributed by atoms with Gasteiger partial charge >= 0.3 is 0 Å². The molecule has 0 aliphatic heterocycles. The van der Waals surface area contributed by atoms with Gasteiger partial charge in [-0.25, -0.2) is 0 Å². The van der Waals surface area contributed by atoms with Gasteiger partial charge in [-0.15, -0.1) is 24.0 Å². The molecule has 1 aliphatic rings. The van der Waals surface area contributed by atoms with Crippen LogP contribution in [0.5, 0.6) is 17.2 Å². The minimum atomic E-state index is 0. The molecule has 0 spiro atoms. The Balaban J connectivity index is 0.00000288. The first-order valence-corrected chi connectivity index (χ1v) is 7.95. The van der Waals surface area contributed by atoms with Crippen molar-refractivity contribution in [2.75, 3.05) is 41.5 Å². The zero-order chi connectivity index (χ0) is 16.7. The summed E-state index contributed by atoms with van der Waals surface area (Å²) in [5.41, 5.74) is 1.01. The number of rotatable bonds is 8. The summed E-state index contributed by atoms with van der Waals surface area (Å²) in [5, 5.41) is 6.68. The van der Waals surface area contributed by atoms with Gasteiger partial charge in [0.1, 0.15) is 17.2 Å². The predicted octanol–water partition coefficient (Wildman–Crippen LogP) is 2.45. The molecule has 2 rings (SSSR count). The van der Waals surface area contributed by atoms with Crippen molar-refractivity contribution in [3.05, 3.63) is 17.7 Å². The van der Waals surface area contributed by atoms with E-state index in [0.717, 1.165) is 54.2 Å². The number of benzene rings is 1. The lowest BCUT2D eigenvalue weighted by atomic mass is 10.1. The maximum atomic E-state index is 5.47. The number of guanidine groups is 1. The molecule has 0 amide bonds. The maximum absolute atomic E-state index is 5.47. The minimum absolute atomic E-state index is 0. The number of aliphatic imine (C=N–C) groups is 1. The van der Waals surface area contributed by atoms with Gasteiger partial charge in [0.25, 0.3) is 0 Å². The predicted molar refractivity (Wildman–Crippen MR) is 107 cm³/mol. The molecule has 0 aromatic heterocycles. The Bertz CT molecular complexity index is 523. The van der Waals surface area contributed by atoms with Crippen LogP contribution < -0.4 is 24.8 Å². The van der Waals surface area contributed by atoms with Gasteiger partial charge < -0.3 is 24.8 Å². The quantitative estimate of drug-likeness (QED) is 0.363. The van der Waals surface area contributed by atoms with Gasteiger partial charge in [-0.05, 0) is 25.2 Å². The lowest BCUT2D eigenvalue weighted by molar-refractivity contribution is 0.368. The molecule has 0 bridgehead atoms. The first-order chi connectivity index (χ1) is 11.2. The summed E-state index contributed by atoms with van der Waals surface area (Å²) in [5.74, 6) is 3.91. The van der Waals surface area contributed by atoms with Gasteiger partial charge in [-0.2, -0.15) is 0 Å². The summed E-state index contributed by atoms with van der Waals surface area (Å²) in [6, 6.07) is 3.75. The molecule has 1 fully saturated rings. The molecule has 1 aromatic carbocycles. The van der Waals surface area contributed by atoms with Gasteiger partial charge in [0.05, 0.1) is 21.3 Å². The summed E-state index contributed by atoms with van der Waals surface area (Å²) >= 11 is 0. The van der Waals surface area contributed by atoms with Crippen LogP contribution in [0.4, 0.5) is 0 Å². The second kappa shape index (κ2) is 10.5. The normalized spacial score (nSPS) is 13.8. The molecule has 0 unspecified atom stereocenters. The van der Waals surface area contributed by atoms with E-state index in [1.807, 2.05) is 12.1 Å². The van der Waals surface area contributed by atoms with Crippen molar-refractivity contribution in [1.29, 1.82) is 0 Å². The molecule has 24 heavy (non-hydrogen) atoms. The monoisotopic (exact) mass is 449 g/mol. The molecule has 1 aromatic rings. The Labute approximate surface area is 161 Å². The van der Waals surface area contributed by atoms with Crippen LogP contribution in [0, 0.1) is 5.92 Å². The molecule has 6 nitrogen and oxygen atoms in total. The third kappa shape index (κ3) is 5.92. The van der Waals surface area contributed by atoms with E-state index in [2.05, 4.69) is 15.6 Å². The third-order valence-electron chi connectivity index (χ3n) is 3.96. The van der Waals surface area contributed by atoms with E-state index in [1.54, 1.807) is 28.4 Å². The Morgan fingerprint density at radius 2 is 1.71 bits per heavy atom. The van der Waals surface area contributed by atoms with Gasteiger partial charge in [0.2, 0.25) is 0 Å². The average molecular weight is 449 g/mol. The van der Waals surface area contributed by atoms with Crippen molar-refractivity contribution in [2.24, 2.45) is 10.9 Å². The number of nitrogens with one attached hydrogen (secondary N) is 2. The Morgan fingerprint density at radius 1 is 1.08 bits per heavy atom. The molecule has 0 heterocycles. The first-order valence-electron chi connectivity index (χ1n) is 7.95. The summed E-state index contributed by atoms with van der Waals surface area (Å²) < 4.78 is 16.2. The van der Waals surface area contributed by atoms with Crippen molar-refractivity contribution >= 4 is 29.9 Å². The van der Waals surface area contributed by atoms with Gasteiger partial charge in [0, 0.05) is 37.8 Å². The molecule has 0 radical (unpaired) electrons. The zero-order valence-electron chi connectivity index (χ0n) is 14.8. The van der Waals surface area contributed by atoms with E-state index in [-0.39, 0.29) is 24.0 Å². The van der Waals surface area contributed by atoms with E-state index in [0.29, 0.717) is 0 Å². The van der Waals surface area contributed by atoms with Crippen molar-refractivity contribution in [3.63, 3.8) is 0 Å². The lowest BCUT2D eigenvalue weighted by Crippen LogP contribution is -2.39. The Hall–Kier alpha value is -1.38. The number of hydrogen-bond donors (Lipinski definition) is 2. The molecule has 7 heteroatoms. The summed E-state index contributed by atoms with van der Waals surface area (Å²) in [6.07, 6.45) is 3.41. The van der Waals surface area contributed by atoms with Crippen LogP contribution in [-0.4, -0.2) is 47.4 Å². The number of nitrogens with zero attached hydrogens (tertiary/aromatic N) is 1. The van der Waals surface area contributed by atoms with Gasteiger partial charge in [-0.1, -0.05) is 0 Å². The second-order valence-corrected chi connectivity index (χ2v) is 5.58. The largest absolute Gasteiger partial charge is 0.496 e. The molecular weight excluding hydrogens is 421 g/mol. The van der Waals surface area contributed by atoms with Crippen LogP contribution >= 0.6 is 24.0 Å². The lowest BCUT2D eigenvalue weighted by Gasteiger charge is -2.16. The van der Waals surface area contributed by atoms with Crippen molar-refractivity contribution in [3.8, 4) is 17.2 Å². The van der Waals surface area contributed by atoms with Crippen molar-refractivity contribution in [1.82, 2.24) is 10.6 Å². The molecule has 1 saturated carbocycles. The van der Waals surface area contributed by atoms with E-state index in [1.165, 1.54) is 12.8 Å². The summed E-state index contributed by atoms with van der Waals surface area (Å²) in [7, 11) is 6.73. The molecular formula is C17H28IN3O3. The SMILES string of the molecule is CN=C(NCCc1c(OC)cc(OC)cc1OC)NCC1CC1.I. The fraction of sp³-hybridized carbons (Fsp3) is 0.588. The second-order valence-electron chi connectivity index (χ2n) is 5.58. The van der Waals surface area contributed by atoms with Gasteiger partial charge in [-0.3, -0.25) is 4.99 Å². The fourth-order valence-corrected chi connectivity index (χ4v) is 2.41. The maximum Gasteiger partial charge on any atom is 0.190 e. The third-order valence-corrected chi connectivity index (χ3v) is 3.96. The minimum Gasteiger partial charge on any atom is -0.496 e. The van der Waals surface area contributed by atoms with Crippen LogP contribution in [-0.2, 0) is 6.42 Å². The smallest absolute Gasteiger partial charge is 0.190 e. The molecule has 2 N–H and O–H groups in total. The number of methoxy groups -OCH3 is 3. The van der Waals surface area contributed by atoms with Crippen molar-refractivity contribution in [2.45, 2.75) is 19.3 Å². The standard InChI is InChI=1S/C17H27N3O3.HI/c1-18-17(20-11-12-5-6-12)19-8-7-14-15(22-3)9-13(21-2)10-16(14)23-4;/h9-10,12H,5-8,11H2,1-4H3,(H2,18,19,20);1H. The fourth-order valence-electron chi connectivity index (χ4n) is 2.41. The highest BCUT2D eigenvalue weighted by Crippen LogP contribution is 2.34. The summed E-state index contributed by atoms with van der Waals surface area (Å²) in [6.45, 7) is 1.73. The van der Waals surface area contributed by atoms with E-state index >= 15 is 0 Å². The first kappa shape index (κ1) is 20.7. The Morgan fingerprint density at radius 3 is 2.17 bits per heavy atom. The number of ether oxygens (including phenoxy) is 3. The molecule has 0 saturated heterocycles.